The number of likely N-dealkylation sites (N-methyl/N-ethyl adjacent to an activating group) is 1. The molecular weight excluding hydrogens is 786 g/mol. The van der Waals surface area contributed by atoms with Crippen LogP contribution in [0.15, 0.2) is 60.8 Å². The quantitative estimate of drug-likeness (QED) is 0.0277. The van der Waals surface area contributed by atoms with Gasteiger partial charge in [0.2, 0.25) is 0 Å². The highest BCUT2D eigenvalue weighted by atomic mass is 31.2. The van der Waals surface area contributed by atoms with Gasteiger partial charge in [0.25, 0.3) is 0 Å². The Morgan fingerprint density at radius 3 is 1.41 bits per heavy atom. The second kappa shape index (κ2) is 45.7. The minimum Gasteiger partial charge on any atom is -0.462 e. The highest BCUT2D eigenvalue weighted by molar-refractivity contribution is 7.47. The summed E-state index contributed by atoms with van der Waals surface area (Å²) in [7, 11) is -0.738. The van der Waals surface area contributed by atoms with Gasteiger partial charge in [0.15, 0.2) is 6.10 Å². The minimum atomic E-state index is -4.38. The van der Waals surface area contributed by atoms with Gasteiger partial charge in [0, 0.05) is 19.4 Å². The number of hydrogen-bond donors (Lipinski definition) is 1. The summed E-state index contributed by atoms with van der Waals surface area (Å²) in [5.41, 5.74) is 0. The van der Waals surface area contributed by atoms with Gasteiger partial charge in [-0.1, -0.05) is 177 Å². The molecule has 0 amide bonds. The topological polar surface area (TPSA) is 112 Å². The third kappa shape index (κ3) is 47.0. The summed E-state index contributed by atoms with van der Waals surface area (Å²) < 4.78 is 33.5. The van der Waals surface area contributed by atoms with Crippen LogP contribution in [0.4, 0.5) is 0 Å². The monoisotopic (exact) mass is 878 g/mol. The van der Waals surface area contributed by atoms with Crippen molar-refractivity contribution in [1.82, 2.24) is 4.90 Å². The first-order chi connectivity index (χ1) is 29.7. The summed E-state index contributed by atoms with van der Waals surface area (Å²) >= 11 is 0. The van der Waals surface area contributed by atoms with E-state index in [2.05, 4.69) is 74.6 Å². The van der Waals surface area contributed by atoms with Crippen LogP contribution in [0.3, 0.4) is 0 Å². The highest BCUT2D eigenvalue weighted by Crippen LogP contribution is 2.43. The van der Waals surface area contributed by atoms with Crippen LogP contribution in [0.5, 0.6) is 0 Å². The lowest BCUT2D eigenvalue weighted by Crippen LogP contribution is -2.29. The minimum absolute atomic E-state index is 0.00284. The van der Waals surface area contributed by atoms with E-state index in [4.69, 9.17) is 18.5 Å². The summed E-state index contributed by atoms with van der Waals surface area (Å²) in [5, 5.41) is 0. The van der Waals surface area contributed by atoms with Crippen molar-refractivity contribution in [3.63, 3.8) is 0 Å². The lowest BCUT2D eigenvalue weighted by Gasteiger charge is -2.20. The molecule has 0 aromatic rings. The molecule has 0 aromatic carbocycles. The average molecular weight is 878 g/mol. The van der Waals surface area contributed by atoms with E-state index in [1.807, 2.05) is 19.0 Å². The molecule has 0 saturated carbocycles. The molecule has 0 spiro atoms. The SMILES string of the molecule is CCCCC/C=C\C/C=C\C/C=C\C/C=C\CCCC(=O)OCC(COP(=O)(O)OCCN(C)C)OC(=O)CCCCCCCCCCCCC/C=C\CCCCCCCC. The molecule has 0 rings (SSSR count). The fourth-order valence-electron chi connectivity index (χ4n) is 6.50. The first-order valence-electron chi connectivity index (χ1n) is 24.6. The van der Waals surface area contributed by atoms with Gasteiger partial charge in [-0.3, -0.25) is 18.6 Å². The standard InChI is InChI=1S/C51H92NO8P/c1-5-7-9-11-13-15-17-19-21-23-24-25-26-28-30-32-34-36-38-40-42-44-51(54)60-49(48-59-61(55,56)58-46-45-52(3)4)47-57-50(53)43-41-39-37-35-33-31-29-27-22-20-18-16-14-12-10-8-6-2/h14,16,19-22,29,31,35,37,49H,5-13,15,17-18,23-28,30,32-34,36,38-48H2,1-4H3,(H,55,56)/b16-14-,21-19-,22-20-,31-29-,37-35-. The average Bonchev–Trinajstić information content (AvgIpc) is 3.23. The number of nitrogens with zero attached hydrogens (tertiary/aromatic N) is 1. The van der Waals surface area contributed by atoms with Crippen molar-refractivity contribution < 1.29 is 37.6 Å². The Bertz CT molecular complexity index is 1200. The number of carbonyl (C=O) groups excluding carboxylic acids is 2. The zero-order chi connectivity index (χ0) is 44.8. The third-order valence-electron chi connectivity index (χ3n) is 10.3. The second-order valence-corrected chi connectivity index (χ2v) is 18.1. The summed E-state index contributed by atoms with van der Waals surface area (Å²) in [6.45, 7) is 4.24. The van der Waals surface area contributed by atoms with Crippen LogP contribution in [-0.2, 0) is 32.7 Å². The molecule has 0 saturated heterocycles. The highest BCUT2D eigenvalue weighted by Gasteiger charge is 2.26. The van der Waals surface area contributed by atoms with Gasteiger partial charge < -0.3 is 19.3 Å². The molecule has 0 aromatic heterocycles. The molecule has 0 aliphatic carbocycles. The predicted octanol–water partition coefficient (Wildman–Crippen LogP) is 14.7. The second-order valence-electron chi connectivity index (χ2n) is 16.6. The van der Waals surface area contributed by atoms with Gasteiger partial charge >= 0.3 is 19.8 Å². The van der Waals surface area contributed by atoms with Crippen molar-refractivity contribution in [1.29, 1.82) is 0 Å². The van der Waals surface area contributed by atoms with E-state index < -0.39 is 32.5 Å². The Kier molecular flexibility index (Phi) is 44.0. The van der Waals surface area contributed by atoms with Crippen LogP contribution in [0.2, 0.25) is 0 Å². The Morgan fingerprint density at radius 2 is 0.902 bits per heavy atom. The van der Waals surface area contributed by atoms with Gasteiger partial charge in [-0.2, -0.15) is 0 Å². The molecule has 354 valence electrons. The summed E-state index contributed by atoms with van der Waals surface area (Å²) in [6.07, 6.45) is 54.2. The molecule has 0 fully saturated rings. The van der Waals surface area contributed by atoms with Crippen LogP contribution < -0.4 is 0 Å². The molecule has 0 heterocycles. The van der Waals surface area contributed by atoms with Crippen LogP contribution in [0.25, 0.3) is 0 Å². The van der Waals surface area contributed by atoms with Gasteiger partial charge in [-0.25, -0.2) is 4.57 Å². The van der Waals surface area contributed by atoms with Crippen molar-refractivity contribution in [2.24, 2.45) is 0 Å². The van der Waals surface area contributed by atoms with E-state index in [0.717, 1.165) is 44.9 Å². The number of hydrogen-bond acceptors (Lipinski definition) is 8. The number of phosphoric ester groups is 1. The van der Waals surface area contributed by atoms with Gasteiger partial charge in [-0.05, 0) is 91.1 Å². The Morgan fingerprint density at radius 1 is 0.508 bits per heavy atom. The number of allylic oxidation sites excluding steroid dienone is 10. The van der Waals surface area contributed by atoms with E-state index in [1.54, 1.807) is 0 Å². The first kappa shape index (κ1) is 58.7. The van der Waals surface area contributed by atoms with E-state index in [0.29, 0.717) is 19.4 Å². The molecule has 2 atom stereocenters. The largest absolute Gasteiger partial charge is 0.472 e. The molecule has 0 aliphatic rings. The molecule has 61 heavy (non-hydrogen) atoms. The maximum Gasteiger partial charge on any atom is 0.472 e. The predicted molar refractivity (Wildman–Crippen MR) is 257 cm³/mol. The summed E-state index contributed by atoms with van der Waals surface area (Å²) in [6, 6.07) is 0. The van der Waals surface area contributed by atoms with Crippen LogP contribution >= 0.6 is 7.82 Å². The molecule has 9 nitrogen and oxygen atoms in total. The summed E-state index contributed by atoms with van der Waals surface area (Å²) in [4.78, 5) is 37.1. The Labute approximate surface area is 374 Å². The molecule has 10 heteroatoms. The molecule has 0 radical (unpaired) electrons. The van der Waals surface area contributed by atoms with E-state index in [9.17, 15) is 19.0 Å². The molecule has 0 bridgehead atoms. The van der Waals surface area contributed by atoms with Crippen molar-refractivity contribution in [2.45, 2.75) is 213 Å². The number of unbranched alkanes of at least 4 members (excludes halogenated alkanes) is 21. The van der Waals surface area contributed by atoms with Crippen molar-refractivity contribution in [3.05, 3.63) is 60.8 Å². The molecule has 1 N–H and O–H groups in total. The fraction of sp³-hybridized carbons (Fsp3) is 0.765. The van der Waals surface area contributed by atoms with Crippen molar-refractivity contribution in [2.75, 3.05) is 40.5 Å². The van der Waals surface area contributed by atoms with Gasteiger partial charge in [0.1, 0.15) is 6.61 Å². The lowest BCUT2D eigenvalue weighted by molar-refractivity contribution is -0.161. The number of rotatable bonds is 45. The number of ether oxygens (including phenoxy) is 2. The zero-order valence-electron chi connectivity index (χ0n) is 39.6. The Hall–Kier alpha value is -2.29. The molecular formula is C51H92NO8P. The fourth-order valence-corrected chi connectivity index (χ4v) is 7.24. The first-order valence-corrected chi connectivity index (χ1v) is 26.1. The number of carbonyl (C=O) groups is 2. The van der Waals surface area contributed by atoms with Crippen molar-refractivity contribution >= 4 is 19.8 Å². The zero-order valence-corrected chi connectivity index (χ0v) is 40.5. The van der Waals surface area contributed by atoms with Crippen LogP contribution in [0.1, 0.15) is 206 Å². The van der Waals surface area contributed by atoms with E-state index >= 15 is 0 Å². The third-order valence-corrected chi connectivity index (χ3v) is 11.3. The lowest BCUT2D eigenvalue weighted by atomic mass is 10.0. The van der Waals surface area contributed by atoms with Crippen LogP contribution in [-0.4, -0.2) is 68.3 Å². The number of esters is 2. The molecule has 2 unspecified atom stereocenters. The van der Waals surface area contributed by atoms with E-state index in [1.165, 1.54) is 122 Å². The smallest absolute Gasteiger partial charge is 0.462 e. The van der Waals surface area contributed by atoms with Crippen LogP contribution in [0, 0.1) is 0 Å². The van der Waals surface area contributed by atoms with Gasteiger partial charge in [0.05, 0.1) is 13.2 Å². The van der Waals surface area contributed by atoms with Gasteiger partial charge in [-0.15, -0.1) is 0 Å². The maximum absolute atomic E-state index is 12.7. The normalized spacial score (nSPS) is 13.8. The molecule has 0 aliphatic heterocycles. The number of phosphoric acid groups is 1. The summed E-state index contributed by atoms with van der Waals surface area (Å²) in [5.74, 6) is -0.868. The van der Waals surface area contributed by atoms with Crippen molar-refractivity contribution in [3.8, 4) is 0 Å². The Balaban J connectivity index is 4.28. The maximum atomic E-state index is 12.7. The van der Waals surface area contributed by atoms with E-state index in [-0.39, 0.29) is 26.1 Å².